The van der Waals surface area contributed by atoms with E-state index in [4.69, 9.17) is 4.74 Å². The maximum atomic E-state index is 12.6. The summed E-state index contributed by atoms with van der Waals surface area (Å²) >= 11 is 0. The second kappa shape index (κ2) is 85.0. The van der Waals surface area contributed by atoms with Crippen molar-refractivity contribution in [2.45, 2.75) is 533 Å². The van der Waals surface area contributed by atoms with Crippen LogP contribution in [0.1, 0.15) is 521 Å². The van der Waals surface area contributed by atoms with Crippen molar-refractivity contribution in [3.05, 3.63) is 12.2 Å². The number of aliphatic hydroxyl groups is 2. The molecular formula is C89H175NO5. The van der Waals surface area contributed by atoms with Gasteiger partial charge >= 0.3 is 5.97 Å². The Morgan fingerprint density at radius 1 is 0.284 bits per heavy atom. The van der Waals surface area contributed by atoms with Crippen molar-refractivity contribution < 1.29 is 24.5 Å². The third kappa shape index (κ3) is 81.5. The first kappa shape index (κ1) is 93.6. The molecule has 0 aliphatic heterocycles. The van der Waals surface area contributed by atoms with Crippen LogP contribution in [0.2, 0.25) is 0 Å². The zero-order valence-electron chi connectivity index (χ0n) is 65.2. The van der Waals surface area contributed by atoms with Gasteiger partial charge in [0.05, 0.1) is 25.4 Å². The Morgan fingerprint density at radius 3 is 0.747 bits per heavy atom. The number of aliphatic hydroxyl groups excluding tert-OH is 2. The minimum Gasteiger partial charge on any atom is -0.466 e. The number of hydrogen-bond acceptors (Lipinski definition) is 5. The maximum absolute atomic E-state index is 12.6. The van der Waals surface area contributed by atoms with E-state index in [-0.39, 0.29) is 18.5 Å². The molecule has 0 spiro atoms. The number of esters is 1. The molecule has 0 bridgehead atoms. The number of rotatable bonds is 85. The van der Waals surface area contributed by atoms with Gasteiger partial charge in [0.15, 0.2) is 0 Å². The SMILES string of the molecule is CCCCCCCC/C=C\CCCCCCCCCCCC(=O)OCCCCCCCCCCCCCCCCCCCCCCCCCCCCCCCCCCCCCCCC(=O)NC(CO)C(O)CCCCCCCCCCCCCCCCCCCCCCCC. The fourth-order valence-corrected chi connectivity index (χ4v) is 14.6. The summed E-state index contributed by atoms with van der Waals surface area (Å²) in [7, 11) is 0. The third-order valence-corrected chi connectivity index (χ3v) is 21.3. The predicted molar refractivity (Wildman–Crippen MR) is 421 cm³/mol. The highest BCUT2D eigenvalue weighted by Crippen LogP contribution is 2.21. The summed E-state index contributed by atoms with van der Waals surface area (Å²) in [5.41, 5.74) is 0. The Morgan fingerprint density at radius 2 is 0.495 bits per heavy atom. The number of unbranched alkanes of at least 4 members (excludes halogenated alkanes) is 72. The van der Waals surface area contributed by atoms with E-state index in [0.717, 1.165) is 38.5 Å². The second-order valence-electron chi connectivity index (χ2n) is 30.9. The highest BCUT2D eigenvalue weighted by Gasteiger charge is 2.20. The van der Waals surface area contributed by atoms with Crippen LogP contribution in [-0.4, -0.2) is 47.4 Å². The summed E-state index contributed by atoms with van der Waals surface area (Å²) in [5.74, 6) is 0.00175. The Bertz CT molecular complexity index is 1450. The van der Waals surface area contributed by atoms with E-state index < -0.39 is 12.1 Å². The van der Waals surface area contributed by atoms with E-state index in [1.165, 1.54) is 449 Å². The van der Waals surface area contributed by atoms with Crippen LogP contribution in [0.3, 0.4) is 0 Å². The molecule has 2 atom stereocenters. The lowest BCUT2D eigenvalue weighted by atomic mass is 10.0. The lowest BCUT2D eigenvalue weighted by molar-refractivity contribution is -0.143. The lowest BCUT2D eigenvalue weighted by Gasteiger charge is -2.22. The normalized spacial score (nSPS) is 12.4. The van der Waals surface area contributed by atoms with E-state index in [1.54, 1.807) is 0 Å². The Labute approximate surface area is 597 Å². The van der Waals surface area contributed by atoms with E-state index in [1.807, 2.05) is 0 Å². The van der Waals surface area contributed by atoms with E-state index in [9.17, 15) is 19.8 Å². The van der Waals surface area contributed by atoms with Gasteiger partial charge in [0.2, 0.25) is 5.91 Å². The number of ether oxygens (including phenoxy) is 1. The number of carbonyl (C=O) groups is 2. The predicted octanol–water partition coefficient (Wildman–Crippen LogP) is 29.8. The molecule has 0 aliphatic rings. The Hall–Kier alpha value is -1.40. The van der Waals surface area contributed by atoms with E-state index >= 15 is 0 Å². The molecule has 0 heterocycles. The fraction of sp³-hybridized carbons (Fsp3) is 0.955. The van der Waals surface area contributed by atoms with Crippen molar-refractivity contribution in [2.75, 3.05) is 13.2 Å². The molecule has 0 fully saturated rings. The number of allylic oxidation sites excluding steroid dienone is 2. The van der Waals surface area contributed by atoms with Crippen LogP contribution in [0.5, 0.6) is 0 Å². The van der Waals surface area contributed by atoms with Crippen LogP contribution in [0.4, 0.5) is 0 Å². The highest BCUT2D eigenvalue weighted by molar-refractivity contribution is 5.76. The molecule has 6 nitrogen and oxygen atoms in total. The average Bonchev–Trinajstić information content (AvgIpc) is 3.35. The zero-order valence-corrected chi connectivity index (χ0v) is 65.2. The van der Waals surface area contributed by atoms with Crippen molar-refractivity contribution in [3.8, 4) is 0 Å². The minimum absolute atomic E-state index is 0.0227. The molecule has 3 N–H and O–H groups in total. The first-order valence-corrected chi connectivity index (χ1v) is 44.4. The zero-order chi connectivity index (χ0) is 68.4. The standard InChI is InChI=1S/C89H175NO5/c1-3-5-7-9-11-13-15-17-19-21-23-24-42-46-49-53-57-61-65-69-73-77-81-87(92)86(85-91)90-88(93)82-78-74-70-66-62-58-54-50-47-43-40-38-36-34-32-30-28-26-25-27-29-31-33-35-37-39-41-44-48-52-56-60-64-68-72-76-80-84-95-89(94)83-79-75-71-67-63-59-55-51-45-22-20-18-16-14-12-10-8-6-4-2/h18,20,86-87,91-92H,3-17,19,21-85H2,1-2H3,(H,90,93)/b20-18-. The molecule has 566 valence electrons. The van der Waals surface area contributed by atoms with Gasteiger partial charge in [-0.15, -0.1) is 0 Å². The molecule has 0 rings (SSSR count). The lowest BCUT2D eigenvalue weighted by Crippen LogP contribution is -2.45. The summed E-state index contributed by atoms with van der Waals surface area (Å²) in [6.07, 6.45) is 109. The van der Waals surface area contributed by atoms with Crippen LogP contribution in [0.15, 0.2) is 12.2 Å². The van der Waals surface area contributed by atoms with Crippen LogP contribution < -0.4 is 5.32 Å². The molecule has 0 saturated heterocycles. The van der Waals surface area contributed by atoms with Gasteiger partial charge < -0.3 is 20.3 Å². The largest absolute Gasteiger partial charge is 0.466 e. The molecule has 2 unspecified atom stereocenters. The van der Waals surface area contributed by atoms with Crippen molar-refractivity contribution in [1.82, 2.24) is 5.32 Å². The summed E-state index contributed by atoms with van der Waals surface area (Å²) < 4.78 is 5.53. The Kier molecular flexibility index (Phi) is 83.8. The third-order valence-electron chi connectivity index (χ3n) is 21.3. The highest BCUT2D eigenvalue weighted by atomic mass is 16.5. The van der Waals surface area contributed by atoms with Gasteiger partial charge in [-0.05, 0) is 51.4 Å². The van der Waals surface area contributed by atoms with Crippen LogP contribution in [0.25, 0.3) is 0 Å². The van der Waals surface area contributed by atoms with Crippen LogP contribution in [0, 0.1) is 0 Å². The molecule has 0 radical (unpaired) electrons. The summed E-state index contributed by atoms with van der Waals surface area (Å²) in [6.45, 7) is 5.02. The van der Waals surface area contributed by atoms with E-state index in [2.05, 4.69) is 31.3 Å². The number of amides is 1. The summed E-state index contributed by atoms with van der Waals surface area (Å²) in [5, 5.41) is 23.5. The topological polar surface area (TPSA) is 95.9 Å². The number of hydrogen-bond donors (Lipinski definition) is 3. The second-order valence-corrected chi connectivity index (χ2v) is 30.9. The monoisotopic (exact) mass is 1340 g/mol. The maximum Gasteiger partial charge on any atom is 0.305 e. The van der Waals surface area contributed by atoms with Gasteiger partial charge in [0.25, 0.3) is 0 Å². The van der Waals surface area contributed by atoms with Gasteiger partial charge in [-0.3, -0.25) is 9.59 Å². The van der Waals surface area contributed by atoms with Gasteiger partial charge in [-0.2, -0.15) is 0 Å². The van der Waals surface area contributed by atoms with Crippen molar-refractivity contribution in [2.24, 2.45) is 0 Å². The van der Waals surface area contributed by atoms with Gasteiger partial charge in [-0.25, -0.2) is 0 Å². The molecule has 0 aromatic carbocycles. The van der Waals surface area contributed by atoms with Crippen molar-refractivity contribution in [1.29, 1.82) is 0 Å². The molecule has 0 saturated carbocycles. The fourth-order valence-electron chi connectivity index (χ4n) is 14.6. The number of carbonyl (C=O) groups excluding carboxylic acids is 2. The molecule has 6 heteroatoms. The molecule has 95 heavy (non-hydrogen) atoms. The van der Waals surface area contributed by atoms with Gasteiger partial charge in [-0.1, -0.05) is 469 Å². The van der Waals surface area contributed by atoms with Crippen molar-refractivity contribution in [3.63, 3.8) is 0 Å². The number of nitrogens with one attached hydrogen (secondary N) is 1. The van der Waals surface area contributed by atoms with Gasteiger partial charge in [0, 0.05) is 12.8 Å². The molecular weight excluding hydrogens is 1160 g/mol. The van der Waals surface area contributed by atoms with Crippen LogP contribution >= 0.6 is 0 Å². The quantitative estimate of drug-likeness (QED) is 0.0320. The minimum atomic E-state index is -0.661. The van der Waals surface area contributed by atoms with Crippen LogP contribution in [-0.2, 0) is 14.3 Å². The smallest absolute Gasteiger partial charge is 0.305 e. The average molecular weight is 1340 g/mol. The molecule has 0 aliphatic carbocycles. The van der Waals surface area contributed by atoms with Gasteiger partial charge in [0.1, 0.15) is 0 Å². The molecule has 0 aromatic rings. The van der Waals surface area contributed by atoms with Crippen molar-refractivity contribution >= 4 is 11.9 Å². The molecule has 1 amide bonds. The molecule has 0 aromatic heterocycles. The Balaban J connectivity index is 3.29. The summed E-state index contributed by atoms with van der Waals surface area (Å²) in [4.78, 5) is 24.7. The first-order valence-electron chi connectivity index (χ1n) is 44.4. The first-order chi connectivity index (χ1) is 47.0. The van der Waals surface area contributed by atoms with E-state index in [0.29, 0.717) is 25.9 Å². The summed E-state index contributed by atoms with van der Waals surface area (Å²) in [6, 6.07) is -0.538.